The molecule has 1 spiro atoms. The highest BCUT2D eigenvalue weighted by Crippen LogP contribution is 2.60. The summed E-state index contributed by atoms with van der Waals surface area (Å²) in [5.41, 5.74) is 2.82. The molecule has 0 amide bonds. The van der Waals surface area contributed by atoms with E-state index in [-0.39, 0.29) is 11.5 Å². The molecule has 1 aromatic rings. The summed E-state index contributed by atoms with van der Waals surface area (Å²) in [7, 11) is 0. The van der Waals surface area contributed by atoms with Gasteiger partial charge in [-0.05, 0) is 90.3 Å². The molecule has 1 aromatic heterocycles. The second kappa shape index (κ2) is 10.3. The highest BCUT2D eigenvalue weighted by Gasteiger charge is 2.65. The summed E-state index contributed by atoms with van der Waals surface area (Å²) in [6.45, 7) is 6.72. The van der Waals surface area contributed by atoms with Crippen molar-refractivity contribution in [3.63, 3.8) is 0 Å². The summed E-state index contributed by atoms with van der Waals surface area (Å²) in [5.74, 6) is 0.538. The highest BCUT2D eigenvalue weighted by atomic mass is 16.3. The van der Waals surface area contributed by atoms with Crippen LogP contribution in [0.5, 0.6) is 0 Å². The minimum absolute atomic E-state index is 0.141. The average molecular weight is 491 g/mol. The average Bonchev–Trinajstić information content (AvgIpc) is 3.14. The minimum atomic E-state index is -0.778. The zero-order valence-electron chi connectivity index (χ0n) is 22.4. The number of aromatic nitrogens is 2. The van der Waals surface area contributed by atoms with Gasteiger partial charge in [0.25, 0.3) is 0 Å². The summed E-state index contributed by atoms with van der Waals surface area (Å²) < 4.78 is 0. The van der Waals surface area contributed by atoms with Gasteiger partial charge in [0.05, 0.1) is 17.0 Å². The van der Waals surface area contributed by atoms with Crippen molar-refractivity contribution in [3.8, 4) is 0 Å². The lowest BCUT2D eigenvalue weighted by Gasteiger charge is -2.58. The van der Waals surface area contributed by atoms with Crippen molar-refractivity contribution >= 4 is 0 Å². The molecule has 3 fully saturated rings. The van der Waals surface area contributed by atoms with Crippen LogP contribution in [0.15, 0.2) is 36.2 Å². The zero-order chi connectivity index (χ0) is 24.6. The van der Waals surface area contributed by atoms with E-state index in [0.29, 0.717) is 12.0 Å². The van der Waals surface area contributed by atoms with Gasteiger partial charge in [0.1, 0.15) is 0 Å². The molecule has 6 rings (SSSR count). The van der Waals surface area contributed by atoms with Gasteiger partial charge in [-0.25, -0.2) is 0 Å². The van der Waals surface area contributed by atoms with Crippen molar-refractivity contribution in [1.82, 2.24) is 19.8 Å². The van der Waals surface area contributed by atoms with Crippen LogP contribution in [0.2, 0.25) is 0 Å². The third-order valence-corrected chi connectivity index (χ3v) is 10.2. The Bertz CT molecular complexity index is 973. The number of allylic oxidation sites excluding steroid dienone is 3. The van der Waals surface area contributed by atoms with Crippen molar-refractivity contribution in [2.24, 2.45) is 11.3 Å². The van der Waals surface area contributed by atoms with Crippen LogP contribution in [0.4, 0.5) is 0 Å². The Labute approximate surface area is 218 Å². The van der Waals surface area contributed by atoms with E-state index in [4.69, 9.17) is 4.98 Å². The first-order valence-electron chi connectivity index (χ1n) is 14.9. The lowest BCUT2D eigenvalue weighted by Crippen LogP contribution is -2.66. The molecular weight excluding hydrogens is 444 g/mol. The van der Waals surface area contributed by atoms with Crippen LogP contribution in [0.25, 0.3) is 0 Å². The SMILES string of the molecule is Cc1cnc(CC2=C[C@@]3(O)CC/C=C\CCCCN4CC[C@@H]2[C@]2(C[C@@H]5CCCCCCN5C23)C4)cn1. The fourth-order valence-corrected chi connectivity index (χ4v) is 8.79. The molecule has 3 bridgehead atoms. The first kappa shape index (κ1) is 24.8. The van der Waals surface area contributed by atoms with Gasteiger partial charge in [0.15, 0.2) is 0 Å². The Morgan fingerprint density at radius 1 is 0.944 bits per heavy atom. The predicted molar refractivity (Wildman–Crippen MR) is 145 cm³/mol. The first-order chi connectivity index (χ1) is 17.6. The number of hydrogen-bond donors (Lipinski definition) is 1. The van der Waals surface area contributed by atoms with Crippen LogP contribution in [0.3, 0.4) is 0 Å². The molecule has 3 saturated heterocycles. The Morgan fingerprint density at radius 3 is 2.69 bits per heavy atom. The molecule has 0 saturated carbocycles. The number of nitrogens with zero attached hydrogens (tertiary/aromatic N) is 4. The Hall–Kier alpha value is -1.56. The molecule has 5 heteroatoms. The van der Waals surface area contributed by atoms with Gasteiger partial charge in [0.2, 0.25) is 0 Å². The molecule has 5 aliphatic rings. The Kier molecular flexibility index (Phi) is 7.09. The fourth-order valence-electron chi connectivity index (χ4n) is 8.79. The quantitative estimate of drug-likeness (QED) is 0.575. The highest BCUT2D eigenvalue weighted by molar-refractivity contribution is 5.35. The molecule has 0 radical (unpaired) electrons. The van der Waals surface area contributed by atoms with E-state index in [9.17, 15) is 5.11 Å². The van der Waals surface area contributed by atoms with Crippen LogP contribution >= 0.6 is 0 Å². The molecule has 196 valence electrons. The summed E-state index contributed by atoms with van der Waals surface area (Å²) in [6.07, 6.45) is 26.4. The minimum Gasteiger partial charge on any atom is -0.384 e. The van der Waals surface area contributed by atoms with Gasteiger partial charge < -0.3 is 10.0 Å². The summed E-state index contributed by atoms with van der Waals surface area (Å²) in [6, 6.07) is 0.863. The van der Waals surface area contributed by atoms with E-state index in [1.54, 1.807) is 0 Å². The maximum Gasteiger partial charge on any atom is 0.0994 e. The van der Waals surface area contributed by atoms with Gasteiger partial charge in [-0.2, -0.15) is 0 Å². The first-order valence-corrected chi connectivity index (χ1v) is 14.9. The lowest BCUT2D eigenvalue weighted by atomic mass is 9.54. The second-order valence-corrected chi connectivity index (χ2v) is 12.6. The number of fused-ring (bicyclic) bond motifs is 2. The van der Waals surface area contributed by atoms with Crippen molar-refractivity contribution in [3.05, 3.63) is 47.6 Å². The Balaban J connectivity index is 1.45. The maximum atomic E-state index is 12.7. The van der Waals surface area contributed by atoms with E-state index in [0.717, 1.165) is 43.7 Å². The molecular formula is C31H46N4O. The normalized spacial score (nSPS) is 40.4. The summed E-state index contributed by atoms with van der Waals surface area (Å²) in [5, 5.41) is 12.7. The van der Waals surface area contributed by atoms with Crippen molar-refractivity contribution in [2.45, 2.75) is 108 Å². The third kappa shape index (κ3) is 4.61. The van der Waals surface area contributed by atoms with Gasteiger partial charge in [-0.1, -0.05) is 43.1 Å². The number of rotatable bonds is 2. The molecule has 6 atom stereocenters. The van der Waals surface area contributed by atoms with Crippen LogP contribution < -0.4 is 0 Å². The monoisotopic (exact) mass is 490 g/mol. The maximum absolute atomic E-state index is 12.7. The van der Waals surface area contributed by atoms with Crippen LogP contribution in [-0.4, -0.2) is 68.7 Å². The van der Waals surface area contributed by atoms with Crippen LogP contribution in [0, 0.1) is 18.3 Å². The topological polar surface area (TPSA) is 52.5 Å². The zero-order valence-corrected chi connectivity index (χ0v) is 22.4. The van der Waals surface area contributed by atoms with E-state index in [1.165, 1.54) is 82.9 Å². The summed E-state index contributed by atoms with van der Waals surface area (Å²) >= 11 is 0. The predicted octanol–water partition coefficient (Wildman–Crippen LogP) is 5.23. The van der Waals surface area contributed by atoms with Gasteiger partial charge in [-0.3, -0.25) is 14.9 Å². The van der Waals surface area contributed by atoms with Crippen molar-refractivity contribution in [1.29, 1.82) is 0 Å². The van der Waals surface area contributed by atoms with E-state index < -0.39 is 5.60 Å². The van der Waals surface area contributed by atoms with E-state index >= 15 is 0 Å². The van der Waals surface area contributed by atoms with E-state index in [1.807, 2.05) is 19.3 Å². The summed E-state index contributed by atoms with van der Waals surface area (Å²) in [4.78, 5) is 14.9. The molecule has 0 aromatic carbocycles. The van der Waals surface area contributed by atoms with Gasteiger partial charge in [0, 0.05) is 42.9 Å². The van der Waals surface area contributed by atoms with Gasteiger partial charge >= 0.3 is 0 Å². The molecule has 1 N–H and O–H groups in total. The fraction of sp³-hybridized carbons (Fsp3) is 0.742. The van der Waals surface area contributed by atoms with Gasteiger partial charge in [-0.15, -0.1) is 0 Å². The molecule has 5 heterocycles. The molecule has 5 nitrogen and oxygen atoms in total. The number of piperidine rings is 1. The smallest absolute Gasteiger partial charge is 0.0994 e. The second-order valence-electron chi connectivity index (χ2n) is 12.6. The van der Waals surface area contributed by atoms with Crippen molar-refractivity contribution < 1.29 is 5.11 Å². The molecule has 4 aliphatic heterocycles. The molecule has 2 unspecified atom stereocenters. The number of aryl methyl sites for hydroxylation is 1. The number of aliphatic hydroxyl groups is 1. The third-order valence-electron chi connectivity index (χ3n) is 10.2. The molecule has 36 heavy (non-hydrogen) atoms. The number of hydrogen-bond acceptors (Lipinski definition) is 5. The standard InChI is InChI=1S/C31H46N4O/c1-24-21-33-26(22-32-24)18-25-19-31(36)14-9-5-2-3-6-10-15-34-17-13-28(25)30(23-34)20-27-12-8-4-7-11-16-35(27)29(30)31/h2,5,19,21-22,27-29,36H,3-4,6-18,20,23H2,1H3/b5-2-/t27-,28-,29?,30-,31-/m0/s1. The Morgan fingerprint density at radius 2 is 1.81 bits per heavy atom. The van der Waals surface area contributed by atoms with E-state index in [2.05, 4.69) is 33.0 Å². The van der Waals surface area contributed by atoms with Crippen molar-refractivity contribution in [2.75, 3.05) is 26.2 Å². The molecule has 1 aliphatic carbocycles. The lowest BCUT2D eigenvalue weighted by molar-refractivity contribution is -0.0983. The van der Waals surface area contributed by atoms with Crippen LogP contribution in [0.1, 0.15) is 88.4 Å². The van der Waals surface area contributed by atoms with Crippen LogP contribution in [-0.2, 0) is 6.42 Å². The largest absolute Gasteiger partial charge is 0.384 e.